The van der Waals surface area contributed by atoms with Crippen LogP contribution >= 0.6 is 11.6 Å². The Bertz CT molecular complexity index is 449. The van der Waals surface area contributed by atoms with Crippen LogP contribution in [0.4, 0.5) is 0 Å². The summed E-state index contributed by atoms with van der Waals surface area (Å²) in [5, 5.41) is 6.86. The van der Waals surface area contributed by atoms with Crippen molar-refractivity contribution < 1.29 is 4.79 Å². The molecule has 0 spiro atoms. The Hall–Kier alpha value is -1.10. The third kappa shape index (κ3) is 5.95. The molecule has 5 heteroatoms. The van der Waals surface area contributed by atoms with E-state index in [1.165, 1.54) is 0 Å². The van der Waals surface area contributed by atoms with Crippen molar-refractivity contribution in [3.8, 4) is 0 Å². The summed E-state index contributed by atoms with van der Waals surface area (Å²) in [7, 11) is 1.89. The maximum Gasteiger partial charge on any atom is 0.220 e. The van der Waals surface area contributed by atoms with Crippen molar-refractivity contribution in [3.63, 3.8) is 0 Å². The van der Waals surface area contributed by atoms with Gasteiger partial charge in [0.2, 0.25) is 5.91 Å². The number of amides is 1. The highest BCUT2D eigenvalue weighted by Gasteiger charge is 2.20. The molecule has 1 atom stereocenters. The predicted octanol–water partition coefficient (Wildman–Crippen LogP) is 2.84. The van der Waals surface area contributed by atoms with Crippen LogP contribution in [0.1, 0.15) is 38.3 Å². The van der Waals surface area contributed by atoms with Crippen LogP contribution in [-0.2, 0) is 4.79 Å². The van der Waals surface area contributed by atoms with Crippen LogP contribution in [0.15, 0.2) is 24.3 Å². The summed E-state index contributed by atoms with van der Waals surface area (Å²) in [6, 6.07) is 7.98. The molecular weight excluding hydrogens is 298 g/mol. The molecular formula is C17H28ClN3O. The molecule has 2 N–H and O–H groups in total. The first-order valence-corrected chi connectivity index (χ1v) is 8.41. The number of hydrogen-bond acceptors (Lipinski definition) is 3. The van der Waals surface area contributed by atoms with Gasteiger partial charge in [-0.05, 0) is 44.7 Å². The molecule has 1 amide bonds. The number of halogens is 1. The fraction of sp³-hybridized carbons (Fsp3) is 0.588. The first-order valence-electron chi connectivity index (χ1n) is 8.03. The third-order valence-electron chi connectivity index (χ3n) is 3.84. The molecule has 0 saturated heterocycles. The van der Waals surface area contributed by atoms with E-state index in [1.807, 2.05) is 31.3 Å². The van der Waals surface area contributed by atoms with Crippen LogP contribution in [-0.4, -0.2) is 44.0 Å². The summed E-state index contributed by atoms with van der Waals surface area (Å²) in [6.45, 7) is 7.54. The Labute approximate surface area is 139 Å². The van der Waals surface area contributed by atoms with Gasteiger partial charge in [-0.2, -0.15) is 0 Å². The third-order valence-corrected chi connectivity index (χ3v) is 4.18. The molecule has 0 aliphatic rings. The van der Waals surface area contributed by atoms with Crippen molar-refractivity contribution in [3.05, 3.63) is 34.9 Å². The Kier molecular flexibility index (Phi) is 9.13. The molecule has 1 aromatic rings. The van der Waals surface area contributed by atoms with Crippen LogP contribution in [0.3, 0.4) is 0 Å². The summed E-state index contributed by atoms with van der Waals surface area (Å²) in [5.74, 6) is 0.0967. The van der Waals surface area contributed by atoms with E-state index in [0.717, 1.165) is 36.6 Å². The first kappa shape index (κ1) is 18.9. The van der Waals surface area contributed by atoms with E-state index < -0.39 is 0 Å². The number of hydrogen-bond donors (Lipinski definition) is 2. The number of likely N-dealkylation sites (N-methyl/N-ethyl adjacent to an activating group) is 1. The highest BCUT2D eigenvalue weighted by Crippen LogP contribution is 2.26. The molecule has 1 aromatic carbocycles. The maximum absolute atomic E-state index is 11.9. The topological polar surface area (TPSA) is 44.4 Å². The fourth-order valence-corrected chi connectivity index (χ4v) is 2.83. The minimum Gasteiger partial charge on any atom is -0.354 e. The van der Waals surface area contributed by atoms with Gasteiger partial charge in [0, 0.05) is 18.0 Å². The molecule has 0 fully saturated rings. The van der Waals surface area contributed by atoms with Gasteiger partial charge in [0.05, 0.1) is 6.04 Å². The zero-order chi connectivity index (χ0) is 16.4. The van der Waals surface area contributed by atoms with E-state index in [2.05, 4.69) is 29.4 Å². The Morgan fingerprint density at radius 3 is 2.55 bits per heavy atom. The van der Waals surface area contributed by atoms with E-state index >= 15 is 0 Å². The highest BCUT2D eigenvalue weighted by atomic mass is 35.5. The quantitative estimate of drug-likeness (QED) is 0.650. The van der Waals surface area contributed by atoms with Gasteiger partial charge in [-0.1, -0.05) is 43.6 Å². The van der Waals surface area contributed by atoms with Crippen molar-refractivity contribution >= 4 is 17.5 Å². The highest BCUT2D eigenvalue weighted by molar-refractivity contribution is 6.31. The Morgan fingerprint density at radius 1 is 1.27 bits per heavy atom. The molecule has 0 aliphatic heterocycles. The zero-order valence-electron chi connectivity index (χ0n) is 13.9. The largest absolute Gasteiger partial charge is 0.354 e. The number of benzene rings is 1. The lowest BCUT2D eigenvalue weighted by atomic mass is 10.0. The summed E-state index contributed by atoms with van der Waals surface area (Å²) in [5.41, 5.74) is 1.07. The number of nitrogens with zero attached hydrogens (tertiary/aromatic N) is 1. The summed E-state index contributed by atoms with van der Waals surface area (Å²) < 4.78 is 0. The summed E-state index contributed by atoms with van der Waals surface area (Å²) in [6.07, 6.45) is 1.40. The number of carbonyl (C=O) groups excluding carboxylic acids is 1. The van der Waals surface area contributed by atoms with E-state index in [9.17, 15) is 4.79 Å². The predicted molar refractivity (Wildman–Crippen MR) is 93.3 cm³/mol. The molecule has 0 aliphatic carbocycles. The second-order valence-corrected chi connectivity index (χ2v) is 5.68. The van der Waals surface area contributed by atoms with E-state index in [1.54, 1.807) is 0 Å². The van der Waals surface area contributed by atoms with Crippen LogP contribution < -0.4 is 10.6 Å². The monoisotopic (exact) mass is 325 g/mol. The minimum absolute atomic E-state index is 0.0967. The normalized spacial score (nSPS) is 12.4. The molecule has 0 aromatic heterocycles. The lowest BCUT2D eigenvalue weighted by Crippen LogP contribution is -2.38. The standard InChI is InChI=1S/C17H28ClN3O/c1-4-21(5-2)16(14-9-6-7-10-15(14)18)13-20-17(22)11-8-12-19-3/h6-7,9-10,16,19H,4-5,8,11-13H2,1-3H3,(H,20,22). The lowest BCUT2D eigenvalue weighted by Gasteiger charge is -2.31. The van der Waals surface area contributed by atoms with Crippen LogP contribution in [0.25, 0.3) is 0 Å². The fourth-order valence-electron chi connectivity index (χ4n) is 2.57. The second kappa shape index (κ2) is 10.6. The molecule has 4 nitrogen and oxygen atoms in total. The van der Waals surface area contributed by atoms with Gasteiger partial charge in [0.1, 0.15) is 0 Å². The number of carbonyl (C=O) groups is 1. The van der Waals surface area contributed by atoms with Crippen molar-refractivity contribution in [1.82, 2.24) is 15.5 Å². The zero-order valence-corrected chi connectivity index (χ0v) is 14.6. The van der Waals surface area contributed by atoms with Gasteiger partial charge >= 0.3 is 0 Å². The Morgan fingerprint density at radius 2 is 1.95 bits per heavy atom. The molecule has 0 bridgehead atoms. The van der Waals surface area contributed by atoms with Gasteiger partial charge in [-0.3, -0.25) is 9.69 Å². The lowest BCUT2D eigenvalue weighted by molar-refractivity contribution is -0.121. The second-order valence-electron chi connectivity index (χ2n) is 5.27. The van der Waals surface area contributed by atoms with E-state index in [4.69, 9.17) is 11.6 Å². The molecule has 22 heavy (non-hydrogen) atoms. The molecule has 0 radical (unpaired) electrons. The van der Waals surface area contributed by atoms with Crippen LogP contribution in [0.5, 0.6) is 0 Å². The average molecular weight is 326 g/mol. The number of rotatable bonds is 10. The van der Waals surface area contributed by atoms with Crippen molar-refractivity contribution in [2.24, 2.45) is 0 Å². The van der Waals surface area contributed by atoms with Crippen molar-refractivity contribution in [1.29, 1.82) is 0 Å². The molecule has 0 heterocycles. The minimum atomic E-state index is 0.0967. The number of nitrogens with one attached hydrogen (secondary N) is 2. The summed E-state index contributed by atoms with van der Waals surface area (Å²) >= 11 is 6.35. The van der Waals surface area contributed by atoms with Gasteiger partial charge in [-0.15, -0.1) is 0 Å². The van der Waals surface area contributed by atoms with Crippen molar-refractivity contribution in [2.45, 2.75) is 32.7 Å². The smallest absolute Gasteiger partial charge is 0.220 e. The SMILES string of the molecule is CCN(CC)C(CNC(=O)CCCNC)c1ccccc1Cl. The average Bonchev–Trinajstić information content (AvgIpc) is 2.52. The summed E-state index contributed by atoms with van der Waals surface area (Å²) in [4.78, 5) is 14.3. The first-order chi connectivity index (χ1) is 10.6. The van der Waals surface area contributed by atoms with Gasteiger partial charge in [-0.25, -0.2) is 0 Å². The molecule has 0 saturated carbocycles. The molecule has 1 unspecified atom stereocenters. The molecule has 124 valence electrons. The van der Waals surface area contributed by atoms with E-state index in [0.29, 0.717) is 13.0 Å². The maximum atomic E-state index is 11.9. The van der Waals surface area contributed by atoms with Gasteiger partial charge in [0.25, 0.3) is 0 Å². The van der Waals surface area contributed by atoms with Gasteiger partial charge < -0.3 is 10.6 Å². The van der Waals surface area contributed by atoms with E-state index in [-0.39, 0.29) is 11.9 Å². The molecule has 1 rings (SSSR count). The Balaban J connectivity index is 2.72. The van der Waals surface area contributed by atoms with Crippen LogP contribution in [0, 0.1) is 0 Å². The van der Waals surface area contributed by atoms with Crippen LogP contribution in [0.2, 0.25) is 5.02 Å². The van der Waals surface area contributed by atoms with Gasteiger partial charge in [0.15, 0.2) is 0 Å². The van der Waals surface area contributed by atoms with Crippen molar-refractivity contribution in [2.75, 3.05) is 33.2 Å².